The fourth-order valence-electron chi connectivity index (χ4n) is 2.06. The number of aromatic nitrogens is 2. The van der Waals surface area contributed by atoms with Crippen molar-refractivity contribution in [1.82, 2.24) is 9.97 Å². The highest BCUT2D eigenvalue weighted by Crippen LogP contribution is 2.33. The number of pyridine rings is 2. The summed E-state index contributed by atoms with van der Waals surface area (Å²) >= 11 is 0. The Bertz CT molecular complexity index is 833. The van der Waals surface area contributed by atoms with Gasteiger partial charge in [-0.1, -0.05) is 12.1 Å². The number of fused-ring (bicyclic) bond motifs is 1. The Morgan fingerprint density at radius 2 is 2.00 bits per heavy atom. The number of nitrogens with zero attached hydrogens (tertiary/aromatic N) is 3. The second kappa shape index (κ2) is 5.16. The minimum Gasteiger partial charge on any atom is -0.433 e. The summed E-state index contributed by atoms with van der Waals surface area (Å²) in [6, 6.07) is 12.1. The summed E-state index contributed by atoms with van der Waals surface area (Å²) in [6.07, 6.45) is 1.46. The molecule has 0 amide bonds. The van der Waals surface area contributed by atoms with Crippen LogP contribution in [0.5, 0.6) is 11.6 Å². The summed E-state index contributed by atoms with van der Waals surface area (Å²) < 4.78 is 5.67. The van der Waals surface area contributed by atoms with E-state index < -0.39 is 4.92 Å². The first kappa shape index (κ1) is 13.0. The molecule has 2 aromatic heterocycles. The van der Waals surface area contributed by atoms with E-state index in [9.17, 15) is 10.1 Å². The lowest BCUT2D eigenvalue weighted by Crippen LogP contribution is -1.97. The van der Waals surface area contributed by atoms with Crippen LogP contribution in [-0.4, -0.2) is 14.9 Å². The number of hydrogen-bond acceptors (Lipinski definition) is 5. The second-order valence-electron chi connectivity index (χ2n) is 4.47. The molecule has 0 unspecified atom stereocenters. The van der Waals surface area contributed by atoms with Gasteiger partial charge in [0.25, 0.3) is 5.88 Å². The van der Waals surface area contributed by atoms with E-state index in [4.69, 9.17) is 4.74 Å². The molecule has 3 aromatic rings. The summed E-state index contributed by atoms with van der Waals surface area (Å²) in [6.45, 7) is 1.84. The van der Waals surface area contributed by atoms with Gasteiger partial charge in [-0.3, -0.25) is 15.1 Å². The number of hydrogen-bond donors (Lipinski definition) is 0. The molecule has 0 radical (unpaired) electrons. The van der Waals surface area contributed by atoms with E-state index in [0.717, 1.165) is 16.6 Å². The first-order chi connectivity index (χ1) is 10.1. The molecule has 0 bridgehead atoms. The van der Waals surface area contributed by atoms with Gasteiger partial charge < -0.3 is 4.74 Å². The van der Waals surface area contributed by atoms with Gasteiger partial charge in [0, 0.05) is 29.4 Å². The number of para-hydroxylation sites is 1. The van der Waals surface area contributed by atoms with Gasteiger partial charge in [0.2, 0.25) is 0 Å². The number of benzene rings is 1. The van der Waals surface area contributed by atoms with Crippen LogP contribution in [0.15, 0.2) is 48.7 Å². The zero-order chi connectivity index (χ0) is 14.8. The van der Waals surface area contributed by atoms with Crippen molar-refractivity contribution in [2.45, 2.75) is 6.92 Å². The monoisotopic (exact) mass is 281 g/mol. The molecule has 21 heavy (non-hydrogen) atoms. The lowest BCUT2D eigenvalue weighted by atomic mass is 10.2. The maximum Gasteiger partial charge on any atom is 0.331 e. The summed E-state index contributed by atoms with van der Waals surface area (Å²) in [5.41, 5.74) is 1.37. The standard InChI is InChI=1S/C15H11N3O3/c1-10-9-14(11-5-2-3-6-12(11)17-10)21-15-13(18(19)20)7-4-8-16-15/h2-9H,1H3. The summed E-state index contributed by atoms with van der Waals surface area (Å²) in [5, 5.41) is 11.8. The van der Waals surface area contributed by atoms with E-state index in [0.29, 0.717) is 5.75 Å². The van der Waals surface area contributed by atoms with Crippen LogP contribution in [0.4, 0.5) is 5.69 Å². The van der Waals surface area contributed by atoms with Gasteiger partial charge in [0.05, 0.1) is 10.4 Å². The largest absolute Gasteiger partial charge is 0.433 e. The Morgan fingerprint density at radius 1 is 1.19 bits per heavy atom. The Kier molecular flexibility index (Phi) is 3.19. The van der Waals surface area contributed by atoms with E-state index in [-0.39, 0.29) is 11.6 Å². The van der Waals surface area contributed by atoms with Crippen molar-refractivity contribution in [2.24, 2.45) is 0 Å². The van der Waals surface area contributed by atoms with Gasteiger partial charge in [-0.15, -0.1) is 0 Å². The minimum atomic E-state index is -0.515. The Labute approximate surface area is 120 Å². The van der Waals surface area contributed by atoms with Gasteiger partial charge in [0.15, 0.2) is 0 Å². The Hall–Kier alpha value is -3.02. The molecule has 1 aromatic carbocycles. The fraction of sp³-hybridized carbons (Fsp3) is 0.0667. The van der Waals surface area contributed by atoms with E-state index in [2.05, 4.69) is 9.97 Å². The predicted molar refractivity (Wildman–Crippen MR) is 77.4 cm³/mol. The van der Waals surface area contributed by atoms with Crippen LogP contribution in [0, 0.1) is 17.0 Å². The number of aryl methyl sites for hydroxylation is 1. The molecular weight excluding hydrogens is 270 g/mol. The molecule has 0 spiro atoms. The normalized spacial score (nSPS) is 10.5. The van der Waals surface area contributed by atoms with Crippen LogP contribution in [0.2, 0.25) is 0 Å². The van der Waals surface area contributed by atoms with Gasteiger partial charge in [0.1, 0.15) is 5.75 Å². The molecule has 0 N–H and O–H groups in total. The lowest BCUT2D eigenvalue weighted by Gasteiger charge is -2.09. The van der Waals surface area contributed by atoms with Crippen molar-refractivity contribution in [3.63, 3.8) is 0 Å². The molecule has 2 heterocycles. The maximum atomic E-state index is 11.0. The van der Waals surface area contributed by atoms with Crippen molar-refractivity contribution in [2.75, 3.05) is 0 Å². The molecule has 6 heteroatoms. The smallest absolute Gasteiger partial charge is 0.331 e. The van der Waals surface area contributed by atoms with Crippen LogP contribution >= 0.6 is 0 Å². The zero-order valence-corrected chi connectivity index (χ0v) is 11.2. The van der Waals surface area contributed by atoms with Crippen LogP contribution in [0.25, 0.3) is 10.9 Å². The molecule has 3 rings (SSSR count). The Morgan fingerprint density at radius 3 is 2.81 bits per heavy atom. The number of nitro groups is 1. The molecular formula is C15H11N3O3. The third-order valence-corrected chi connectivity index (χ3v) is 2.96. The minimum absolute atomic E-state index is 0.0294. The highest BCUT2D eigenvalue weighted by molar-refractivity contribution is 5.85. The molecule has 0 fully saturated rings. The van der Waals surface area contributed by atoms with E-state index in [1.54, 1.807) is 6.07 Å². The average molecular weight is 281 g/mol. The first-order valence-corrected chi connectivity index (χ1v) is 6.29. The molecule has 104 valence electrons. The number of rotatable bonds is 3. The highest BCUT2D eigenvalue weighted by Gasteiger charge is 2.17. The van der Waals surface area contributed by atoms with Crippen LogP contribution < -0.4 is 4.74 Å². The molecule has 0 saturated heterocycles. The summed E-state index contributed by atoms with van der Waals surface area (Å²) in [4.78, 5) is 18.8. The predicted octanol–water partition coefficient (Wildman–Crippen LogP) is 3.64. The molecule has 0 aliphatic carbocycles. The summed E-state index contributed by atoms with van der Waals surface area (Å²) in [5.74, 6) is 0.471. The van der Waals surface area contributed by atoms with Crippen LogP contribution in [0.1, 0.15) is 5.69 Å². The van der Waals surface area contributed by atoms with E-state index in [1.165, 1.54) is 18.3 Å². The quantitative estimate of drug-likeness (QED) is 0.541. The maximum absolute atomic E-state index is 11.0. The van der Waals surface area contributed by atoms with Crippen molar-refractivity contribution < 1.29 is 9.66 Å². The second-order valence-corrected chi connectivity index (χ2v) is 4.47. The third kappa shape index (κ3) is 2.51. The molecule has 0 aliphatic heterocycles. The van der Waals surface area contributed by atoms with E-state index in [1.807, 2.05) is 31.2 Å². The van der Waals surface area contributed by atoms with Gasteiger partial charge in [-0.05, 0) is 25.1 Å². The fourth-order valence-corrected chi connectivity index (χ4v) is 2.06. The average Bonchev–Trinajstić information content (AvgIpc) is 2.47. The molecule has 0 aliphatic rings. The van der Waals surface area contributed by atoms with Crippen LogP contribution in [-0.2, 0) is 0 Å². The van der Waals surface area contributed by atoms with E-state index >= 15 is 0 Å². The number of ether oxygens (including phenoxy) is 1. The molecule has 0 atom stereocenters. The van der Waals surface area contributed by atoms with Gasteiger partial charge >= 0.3 is 5.69 Å². The highest BCUT2D eigenvalue weighted by atomic mass is 16.6. The topological polar surface area (TPSA) is 78.2 Å². The zero-order valence-electron chi connectivity index (χ0n) is 11.2. The third-order valence-electron chi connectivity index (χ3n) is 2.96. The molecule has 0 saturated carbocycles. The molecule has 6 nitrogen and oxygen atoms in total. The van der Waals surface area contributed by atoms with Crippen molar-refractivity contribution in [3.8, 4) is 11.6 Å². The van der Waals surface area contributed by atoms with Crippen molar-refractivity contribution in [1.29, 1.82) is 0 Å². The van der Waals surface area contributed by atoms with Crippen LogP contribution in [0.3, 0.4) is 0 Å². The summed E-state index contributed by atoms with van der Waals surface area (Å²) in [7, 11) is 0. The first-order valence-electron chi connectivity index (χ1n) is 6.29. The van der Waals surface area contributed by atoms with Crippen molar-refractivity contribution in [3.05, 3.63) is 64.5 Å². The van der Waals surface area contributed by atoms with Gasteiger partial charge in [-0.25, -0.2) is 4.98 Å². The van der Waals surface area contributed by atoms with Crippen molar-refractivity contribution >= 4 is 16.6 Å². The Balaban J connectivity index is 2.13. The SMILES string of the molecule is Cc1cc(Oc2ncccc2[N+](=O)[O-])c2ccccc2n1. The van der Waals surface area contributed by atoms with Gasteiger partial charge in [-0.2, -0.15) is 0 Å². The lowest BCUT2D eigenvalue weighted by molar-refractivity contribution is -0.386.